The molecule has 1 aliphatic rings. The summed E-state index contributed by atoms with van der Waals surface area (Å²) in [6.45, 7) is 4.03. The van der Waals surface area contributed by atoms with E-state index in [1.54, 1.807) is 0 Å². The number of hydrogen-bond donors (Lipinski definition) is 1. The van der Waals surface area contributed by atoms with Gasteiger partial charge in [-0.05, 0) is 25.9 Å². The molecule has 1 heterocycles. The Morgan fingerprint density at radius 3 is 2.32 bits per heavy atom. The first-order valence-electron chi connectivity index (χ1n) is 7.88. The van der Waals surface area contributed by atoms with Crippen LogP contribution in [0.25, 0.3) is 0 Å². The van der Waals surface area contributed by atoms with E-state index in [-0.39, 0.29) is 18.9 Å². The number of alkyl halides is 3. The number of hydrogen-bond acceptors (Lipinski definition) is 1. The minimum atomic E-state index is -4.04. The predicted molar refractivity (Wildman–Crippen MR) is 80.8 cm³/mol. The van der Waals surface area contributed by atoms with Gasteiger partial charge >= 0.3 is 6.18 Å². The van der Waals surface area contributed by atoms with Crippen molar-refractivity contribution in [3.8, 4) is 0 Å². The normalized spacial score (nSPS) is 20.8. The first kappa shape index (κ1) is 17.3. The van der Waals surface area contributed by atoms with Crippen molar-refractivity contribution in [1.82, 2.24) is 4.90 Å². The van der Waals surface area contributed by atoms with Gasteiger partial charge in [-0.3, -0.25) is 0 Å². The summed E-state index contributed by atoms with van der Waals surface area (Å²) in [5.41, 5.74) is 1.22. The van der Waals surface area contributed by atoms with Gasteiger partial charge in [0.15, 0.2) is 0 Å². The zero-order valence-corrected chi connectivity index (χ0v) is 13.0. The molecule has 1 fully saturated rings. The van der Waals surface area contributed by atoms with Gasteiger partial charge in [0.25, 0.3) is 0 Å². The third-order valence-electron chi connectivity index (χ3n) is 4.65. The van der Waals surface area contributed by atoms with Crippen molar-refractivity contribution < 1.29 is 18.5 Å². The highest BCUT2D eigenvalue weighted by Gasteiger charge is 2.41. The topological polar surface area (TPSA) is 19.9 Å². The van der Waals surface area contributed by atoms with Crippen molar-refractivity contribution >= 4 is 0 Å². The summed E-state index contributed by atoms with van der Waals surface area (Å²) in [6.07, 6.45) is -3.59. The number of piperidine rings is 1. The lowest BCUT2D eigenvalue weighted by Crippen LogP contribution is -2.80. The molecule has 0 radical (unpaired) electrons. The molecule has 2 atom stereocenters. The summed E-state index contributed by atoms with van der Waals surface area (Å²) >= 11 is 0. The van der Waals surface area contributed by atoms with E-state index in [0.717, 1.165) is 6.54 Å². The summed E-state index contributed by atoms with van der Waals surface area (Å²) in [4.78, 5) is 2.16. The Labute approximate surface area is 130 Å². The van der Waals surface area contributed by atoms with E-state index in [2.05, 4.69) is 31.0 Å². The molecule has 0 spiro atoms. The van der Waals surface area contributed by atoms with Gasteiger partial charge in [0.05, 0.1) is 12.0 Å². The first-order valence-corrected chi connectivity index (χ1v) is 7.88. The van der Waals surface area contributed by atoms with E-state index in [4.69, 9.17) is 0 Å². The first-order chi connectivity index (χ1) is 10.4. The molecule has 1 aromatic rings. The Morgan fingerprint density at radius 2 is 1.82 bits per heavy atom. The Hall–Kier alpha value is -1.07. The number of halogens is 3. The van der Waals surface area contributed by atoms with Gasteiger partial charge in [-0.2, -0.15) is 20.2 Å². The Morgan fingerprint density at radius 1 is 1.23 bits per heavy atom. The van der Waals surface area contributed by atoms with Gasteiger partial charge in [-0.15, -0.1) is 0 Å². The average Bonchev–Trinajstić information content (AvgIpc) is 2.48. The molecule has 2 nitrogen and oxygen atoms in total. The van der Waals surface area contributed by atoms with E-state index < -0.39 is 12.1 Å². The minimum absolute atomic E-state index is 0.223. The minimum Gasteiger partial charge on any atom is -0.472 e. The molecule has 0 amide bonds. The number of nitrogens with two attached hydrogens (primary N) is 1. The van der Waals surface area contributed by atoms with E-state index in [1.807, 2.05) is 23.5 Å². The van der Waals surface area contributed by atoms with Crippen LogP contribution in [0.1, 0.15) is 31.4 Å². The monoisotopic (exact) mass is 314 g/mol. The van der Waals surface area contributed by atoms with Crippen LogP contribution < -0.4 is 5.32 Å². The molecule has 0 bridgehead atoms. The lowest BCUT2D eigenvalue weighted by atomic mass is 9.91. The molecular formula is C17H25F3N2. The summed E-state index contributed by atoms with van der Waals surface area (Å²) in [7, 11) is 3.93. The van der Waals surface area contributed by atoms with Gasteiger partial charge in [0, 0.05) is 18.0 Å². The maximum absolute atomic E-state index is 12.7. The van der Waals surface area contributed by atoms with Crippen molar-refractivity contribution in [1.29, 1.82) is 0 Å². The number of quaternary nitrogens is 1. The molecule has 1 saturated heterocycles. The quantitative estimate of drug-likeness (QED) is 0.828. The van der Waals surface area contributed by atoms with Gasteiger partial charge in [0.1, 0.15) is 0 Å². The highest BCUT2D eigenvalue weighted by Crippen LogP contribution is 2.34. The van der Waals surface area contributed by atoms with Gasteiger partial charge in [-0.25, -0.2) is 0 Å². The van der Waals surface area contributed by atoms with Crippen LogP contribution in [0.3, 0.4) is 0 Å². The molecule has 124 valence electrons. The number of nitrogens with zero attached hydrogens (tertiary/aromatic N) is 1. The van der Waals surface area contributed by atoms with Crippen LogP contribution in [-0.2, 0) is 0 Å². The second-order valence-electron chi connectivity index (χ2n) is 6.27. The maximum Gasteiger partial charge on any atom is 0.391 e. The molecule has 0 aromatic heterocycles. The number of benzene rings is 1. The molecule has 0 aliphatic carbocycles. The second kappa shape index (κ2) is 7.47. The predicted octanol–water partition coefficient (Wildman–Crippen LogP) is 2.99. The Kier molecular flexibility index (Phi) is 5.87. The fourth-order valence-corrected chi connectivity index (χ4v) is 3.34. The van der Waals surface area contributed by atoms with Crippen LogP contribution in [0.5, 0.6) is 0 Å². The highest BCUT2D eigenvalue weighted by atomic mass is 19.4. The van der Waals surface area contributed by atoms with Gasteiger partial charge in [0.2, 0.25) is 0 Å². The van der Waals surface area contributed by atoms with Crippen molar-refractivity contribution in [3.63, 3.8) is 0 Å². The molecular weight excluding hydrogens is 289 g/mol. The largest absolute Gasteiger partial charge is 0.472 e. The SMILES string of the molecule is [CH2-][NH2+][C@@H](c1ccccc1)[C@@H](C)CN1CCC(C(F)(F)F)CC1. The summed E-state index contributed by atoms with van der Waals surface area (Å²) in [5.74, 6) is -0.786. The number of rotatable bonds is 5. The average molecular weight is 314 g/mol. The van der Waals surface area contributed by atoms with E-state index >= 15 is 0 Å². The standard InChI is InChI=1S/C17H25F3N2/c1-13(16(21-2)14-6-4-3-5-7-14)12-22-10-8-15(9-11-22)17(18,19)20/h3-7,13,15-16H,2,8-12,21H2,1H3/t13-,16+/m0/s1. The Balaban J connectivity index is 1.88. The fourth-order valence-electron chi connectivity index (χ4n) is 3.34. The number of likely N-dealkylation sites (tertiary alicyclic amines) is 1. The molecule has 2 rings (SSSR count). The molecule has 22 heavy (non-hydrogen) atoms. The van der Waals surface area contributed by atoms with Crippen LogP contribution in [0.2, 0.25) is 0 Å². The van der Waals surface area contributed by atoms with Crippen molar-refractivity contribution in [2.75, 3.05) is 19.6 Å². The van der Waals surface area contributed by atoms with Crippen LogP contribution in [0.4, 0.5) is 13.2 Å². The van der Waals surface area contributed by atoms with Crippen LogP contribution in [0, 0.1) is 18.9 Å². The third kappa shape index (κ3) is 4.46. The molecule has 2 N–H and O–H groups in total. The van der Waals surface area contributed by atoms with Crippen LogP contribution >= 0.6 is 0 Å². The zero-order valence-electron chi connectivity index (χ0n) is 13.0. The van der Waals surface area contributed by atoms with Crippen molar-refractivity contribution in [2.24, 2.45) is 11.8 Å². The van der Waals surface area contributed by atoms with E-state index in [1.165, 1.54) is 5.56 Å². The second-order valence-corrected chi connectivity index (χ2v) is 6.27. The fraction of sp³-hybridized carbons (Fsp3) is 0.588. The van der Waals surface area contributed by atoms with E-state index in [0.29, 0.717) is 19.0 Å². The summed E-state index contributed by atoms with van der Waals surface area (Å²) < 4.78 is 38.1. The molecule has 1 aromatic carbocycles. The van der Waals surface area contributed by atoms with E-state index in [9.17, 15) is 13.2 Å². The molecule has 5 heteroatoms. The third-order valence-corrected chi connectivity index (χ3v) is 4.65. The maximum atomic E-state index is 12.7. The molecule has 1 aliphatic heterocycles. The van der Waals surface area contributed by atoms with Crippen molar-refractivity contribution in [2.45, 2.75) is 32.0 Å². The molecule has 0 saturated carbocycles. The van der Waals surface area contributed by atoms with Crippen LogP contribution in [-0.4, -0.2) is 30.7 Å². The highest BCUT2D eigenvalue weighted by molar-refractivity contribution is 5.17. The lowest BCUT2D eigenvalue weighted by Gasteiger charge is -2.35. The summed E-state index contributed by atoms with van der Waals surface area (Å²) in [5, 5.41) is 1.95. The van der Waals surface area contributed by atoms with Gasteiger partial charge in [-0.1, -0.05) is 37.3 Å². The van der Waals surface area contributed by atoms with Crippen LogP contribution in [0.15, 0.2) is 30.3 Å². The summed E-state index contributed by atoms with van der Waals surface area (Å²) in [6, 6.07) is 10.4. The lowest BCUT2D eigenvalue weighted by molar-refractivity contribution is -0.648. The molecule has 0 unspecified atom stereocenters. The Bertz CT molecular complexity index is 439. The smallest absolute Gasteiger partial charge is 0.391 e. The van der Waals surface area contributed by atoms with Crippen molar-refractivity contribution in [3.05, 3.63) is 42.9 Å². The zero-order chi connectivity index (χ0) is 16.2. The van der Waals surface area contributed by atoms with Gasteiger partial charge < -0.3 is 10.2 Å².